The van der Waals surface area contributed by atoms with Gasteiger partial charge in [0.1, 0.15) is 12.4 Å². The Morgan fingerprint density at radius 3 is 3.18 bits per heavy atom. The molecule has 11 heavy (non-hydrogen) atoms. The zero-order chi connectivity index (χ0) is 7.84. The highest BCUT2D eigenvalue weighted by Crippen LogP contribution is 2.16. The minimum absolute atomic E-state index is 0.140. The third-order valence-electron chi connectivity index (χ3n) is 1.55. The summed E-state index contributed by atoms with van der Waals surface area (Å²) in [6.07, 6.45) is 1.72. The summed E-state index contributed by atoms with van der Waals surface area (Å²) in [4.78, 5) is 11.1. The maximum absolute atomic E-state index is 11.1. The highest BCUT2D eigenvalue weighted by molar-refractivity contribution is 6.33. The van der Waals surface area contributed by atoms with Crippen LogP contribution in [0.3, 0.4) is 0 Å². The second-order valence-corrected chi connectivity index (χ2v) is 2.63. The number of halogens is 1. The summed E-state index contributed by atoms with van der Waals surface area (Å²) in [5.74, 6) is -0.140. The lowest BCUT2D eigenvalue weighted by atomic mass is 10.4. The number of fused-ring (bicyclic) bond motifs is 1. The van der Waals surface area contributed by atoms with Crippen LogP contribution >= 0.6 is 11.6 Å². The van der Waals surface area contributed by atoms with Crippen molar-refractivity contribution >= 4 is 17.5 Å². The first-order chi connectivity index (χ1) is 5.29. The van der Waals surface area contributed by atoms with Gasteiger partial charge in [0.15, 0.2) is 0 Å². The van der Waals surface area contributed by atoms with Crippen molar-refractivity contribution < 1.29 is 4.79 Å². The first-order valence-electron chi connectivity index (χ1n) is 3.18. The van der Waals surface area contributed by atoms with Crippen LogP contribution in [0.1, 0.15) is 10.5 Å². The predicted octanol–water partition coefficient (Wildman–Crippen LogP) is 0.386. The van der Waals surface area contributed by atoms with Gasteiger partial charge in [-0.1, -0.05) is 11.6 Å². The summed E-state index contributed by atoms with van der Waals surface area (Å²) in [5, 5.41) is 3.08. The van der Waals surface area contributed by atoms with Gasteiger partial charge in [0.2, 0.25) is 0 Å². The monoisotopic (exact) mass is 171 g/mol. The van der Waals surface area contributed by atoms with E-state index in [1.807, 2.05) is 0 Å². The zero-order valence-electron chi connectivity index (χ0n) is 5.60. The van der Waals surface area contributed by atoms with Crippen molar-refractivity contribution in [2.75, 3.05) is 12.1 Å². The van der Waals surface area contributed by atoms with E-state index in [1.165, 1.54) is 0 Å². The SMILES string of the molecule is O=C1NCNn2ccc(Cl)c21. The van der Waals surface area contributed by atoms with Crippen LogP contribution in [0.5, 0.6) is 0 Å². The molecule has 0 saturated carbocycles. The molecule has 1 aliphatic heterocycles. The molecule has 2 N–H and O–H groups in total. The second-order valence-electron chi connectivity index (χ2n) is 2.22. The molecule has 0 aromatic carbocycles. The quantitative estimate of drug-likeness (QED) is 0.593. The average molecular weight is 172 g/mol. The third-order valence-corrected chi connectivity index (χ3v) is 1.86. The molecule has 0 aliphatic carbocycles. The molecule has 0 atom stereocenters. The van der Waals surface area contributed by atoms with Gasteiger partial charge in [0.25, 0.3) is 5.91 Å². The molecule has 0 fully saturated rings. The van der Waals surface area contributed by atoms with E-state index in [2.05, 4.69) is 10.7 Å². The number of hydrogen-bond donors (Lipinski definition) is 2. The summed E-state index contributed by atoms with van der Waals surface area (Å²) < 4.78 is 1.61. The fourth-order valence-electron chi connectivity index (χ4n) is 1.05. The van der Waals surface area contributed by atoms with Crippen LogP contribution in [0.4, 0.5) is 0 Å². The molecular weight excluding hydrogens is 166 g/mol. The van der Waals surface area contributed by atoms with Crippen LogP contribution in [0.15, 0.2) is 12.3 Å². The van der Waals surface area contributed by atoms with E-state index in [0.717, 1.165) is 0 Å². The Hall–Kier alpha value is -1.16. The molecule has 2 rings (SSSR count). The van der Waals surface area contributed by atoms with Crippen molar-refractivity contribution in [2.24, 2.45) is 0 Å². The van der Waals surface area contributed by atoms with Crippen molar-refractivity contribution in [1.82, 2.24) is 9.99 Å². The van der Waals surface area contributed by atoms with Crippen molar-refractivity contribution in [3.8, 4) is 0 Å². The number of carbonyl (C=O) groups is 1. The molecule has 0 bridgehead atoms. The van der Waals surface area contributed by atoms with E-state index in [0.29, 0.717) is 17.4 Å². The smallest absolute Gasteiger partial charge is 0.272 e. The molecule has 1 aromatic rings. The summed E-state index contributed by atoms with van der Waals surface area (Å²) in [6, 6.07) is 1.68. The standard InChI is InChI=1S/C6H6ClN3O/c7-4-1-2-10-5(4)6(11)8-3-9-10/h1-2,9H,3H2,(H,8,11). The molecule has 5 heteroatoms. The summed E-state index contributed by atoms with van der Waals surface area (Å²) in [7, 11) is 0. The molecule has 2 heterocycles. The minimum atomic E-state index is -0.140. The lowest BCUT2D eigenvalue weighted by Crippen LogP contribution is -2.40. The van der Waals surface area contributed by atoms with Crippen molar-refractivity contribution in [2.45, 2.75) is 0 Å². The van der Waals surface area contributed by atoms with Gasteiger partial charge in [-0.25, -0.2) is 0 Å². The van der Waals surface area contributed by atoms with Gasteiger partial charge in [-0.15, -0.1) is 0 Å². The summed E-state index contributed by atoms with van der Waals surface area (Å²) >= 11 is 5.73. The molecule has 0 spiro atoms. The Kier molecular flexibility index (Phi) is 1.29. The molecule has 1 aliphatic rings. The van der Waals surface area contributed by atoms with Gasteiger partial charge in [0, 0.05) is 6.20 Å². The molecule has 0 saturated heterocycles. The van der Waals surface area contributed by atoms with Gasteiger partial charge in [0.05, 0.1) is 5.02 Å². The second kappa shape index (κ2) is 2.17. The number of carbonyl (C=O) groups excluding carboxylic acids is 1. The number of hydrogen-bond acceptors (Lipinski definition) is 2. The van der Waals surface area contributed by atoms with Crippen molar-refractivity contribution in [3.63, 3.8) is 0 Å². The normalized spacial score (nSPS) is 15.2. The first kappa shape index (κ1) is 6.54. The molecule has 0 radical (unpaired) electrons. The van der Waals surface area contributed by atoms with E-state index in [4.69, 9.17) is 11.6 Å². The topological polar surface area (TPSA) is 46.1 Å². The molecule has 0 unspecified atom stereocenters. The zero-order valence-corrected chi connectivity index (χ0v) is 6.35. The van der Waals surface area contributed by atoms with Crippen LogP contribution in [-0.2, 0) is 0 Å². The highest BCUT2D eigenvalue weighted by Gasteiger charge is 2.18. The molecule has 4 nitrogen and oxygen atoms in total. The Balaban J connectivity index is 2.56. The summed E-state index contributed by atoms with van der Waals surface area (Å²) in [5.41, 5.74) is 3.38. The van der Waals surface area contributed by atoms with Crippen LogP contribution < -0.4 is 10.7 Å². The molecule has 1 amide bonds. The van der Waals surface area contributed by atoms with E-state index >= 15 is 0 Å². The number of amides is 1. The first-order valence-corrected chi connectivity index (χ1v) is 3.56. The fourth-order valence-corrected chi connectivity index (χ4v) is 1.28. The van der Waals surface area contributed by atoms with Gasteiger partial charge in [-0.2, -0.15) is 0 Å². The van der Waals surface area contributed by atoms with Crippen LogP contribution in [0.2, 0.25) is 5.02 Å². The number of nitrogens with one attached hydrogen (secondary N) is 2. The maximum Gasteiger partial charge on any atom is 0.272 e. The Morgan fingerprint density at radius 2 is 2.45 bits per heavy atom. The van der Waals surface area contributed by atoms with E-state index in [-0.39, 0.29) is 5.91 Å². The van der Waals surface area contributed by atoms with E-state index in [1.54, 1.807) is 16.9 Å². The van der Waals surface area contributed by atoms with Gasteiger partial charge >= 0.3 is 0 Å². The average Bonchev–Trinajstić information content (AvgIpc) is 2.34. The number of nitrogens with zero attached hydrogens (tertiary/aromatic N) is 1. The van der Waals surface area contributed by atoms with Crippen molar-refractivity contribution in [3.05, 3.63) is 23.0 Å². The summed E-state index contributed by atoms with van der Waals surface area (Å²) in [6.45, 7) is 0.441. The maximum atomic E-state index is 11.1. The number of aromatic nitrogens is 1. The number of rotatable bonds is 0. The van der Waals surface area contributed by atoms with Crippen LogP contribution in [-0.4, -0.2) is 17.3 Å². The Bertz CT molecular complexity index is 307. The van der Waals surface area contributed by atoms with Crippen LogP contribution in [0.25, 0.3) is 0 Å². The van der Waals surface area contributed by atoms with Gasteiger partial charge in [-0.05, 0) is 6.07 Å². The van der Waals surface area contributed by atoms with E-state index in [9.17, 15) is 4.79 Å². The largest absolute Gasteiger partial charge is 0.332 e. The highest BCUT2D eigenvalue weighted by atomic mass is 35.5. The molecule has 1 aromatic heterocycles. The van der Waals surface area contributed by atoms with Gasteiger partial charge in [-0.3, -0.25) is 9.47 Å². The van der Waals surface area contributed by atoms with Crippen molar-refractivity contribution in [1.29, 1.82) is 0 Å². The van der Waals surface area contributed by atoms with Crippen LogP contribution in [0, 0.1) is 0 Å². The van der Waals surface area contributed by atoms with Gasteiger partial charge < -0.3 is 10.7 Å². The molecular formula is C6H6ClN3O. The minimum Gasteiger partial charge on any atom is -0.332 e. The predicted molar refractivity (Wildman–Crippen MR) is 41.1 cm³/mol. The molecule has 58 valence electrons. The Labute approximate surface area is 68.1 Å². The lowest BCUT2D eigenvalue weighted by Gasteiger charge is -2.17. The fraction of sp³-hybridized carbons (Fsp3) is 0.167. The van der Waals surface area contributed by atoms with E-state index < -0.39 is 0 Å². The lowest BCUT2D eigenvalue weighted by molar-refractivity contribution is 0.0937. The Morgan fingerprint density at radius 1 is 1.64 bits per heavy atom. The third kappa shape index (κ3) is 0.867.